The first kappa shape index (κ1) is 25.5. The van der Waals surface area contributed by atoms with Gasteiger partial charge in [0.05, 0.1) is 28.3 Å². The van der Waals surface area contributed by atoms with Crippen molar-refractivity contribution in [2.75, 3.05) is 0 Å². The van der Waals surface area contributed by atoms with Gasteiger partial charge in [-0.1, -0.05) is 47.1 Å². The molecule has 1 aliphatic rings. The molecule has 0 radical (unpaired) electrons. The largest absolute Gasteiger partial charge is 0.393 e. The van der Waals surface area contributed by atoms with Crippen molar-refractivity contribution in [3.05, 3.63) is 127 Å². The monoisotopic (exact) mass is 566 g/mol. The lowest BCUT2D eigenvalue weighted by Crippen LogP contribution is -2.49. The van der Waals surface area contributed by atoms with E-state index in [2.05, 4.69) is 33.2 Å². The highest BCUT2D eigenvalue weighted by Crippen LogP contribution is 2.52. The summed E-state index contributed by atoms with van der Waals surface area (Å²) >= 11 is 0. The number of nitrogens with zero attached hydrogens (tertiary/aromatic N) is 6. The Balaban J connectivity index is 1.30. The minimum atomic E-state index is -0.758. The molecule has 1 saturated carbocycles. The number of hydrogen-bond donors (Lipinski definition) is 3. The predicted molar refractivity (Wildman–Crippen MR) is 161 cm³/mol. The standard InChI is InChI=1S/C34H28N7O2/c42-26-19-34(20-26,30(43)29-8-4-14-35-29)24-9-11-25(12-10-24)41-33-27-18-23(22-6-2-1-3-7-22)21-38-28(27)13-17-40(33)32(39-41)31-36-15-5-16-37-31/h1-18,21,26,30,35,42-43H,19-20H2/q+1. The van der Waals surface area contributed by atoms with Crippen LogP contribution in [0.3, 0.4) is 0 Å². The van der Waals surface area contributed by atoms with Gasteiger partial charge in [-0.3, -0.25) is 4.98 Å². The highest BCUT2D eigenvalue weighted by Gasteiger charge is 2.51. The first-order valence-corrected chi connectivity index (χ1v) is 14.3. The van der Waals surface area contributed by atoms with Gasteiger partial charge in [-0.15, -0.1) is 0 Å². The molecule has 0 spiro atoms. The Hall–Kier alpha value is -5.25. The molecule has 8 rings (SSSR count). The van der Waals surface area contributed by atoms with E-state index in [-0.39, 0.29) is 0 Å². The average molecular weight is 567 g/mol. The van der Waals surface area contributed by atoms with Gasteiger partial charge in [-0.2, -0.15) is 4.40 Å². The number of rotatable bonds is 6. The number of pyridine rings is 2. The van der Waals surface area contributed by atoms with Gasteiger partial charge < -0.3 is 15.2 Å². The Morgan fingerprint density at radius 3 is 2.40 bits per heavy atom. The molecule has 1 unspecified atom stereocenters. The molecular weight excluding hydrogens is 538 g/mol. The van der Waals surface area contributed by atoms with E-state index in [0.717, 1.165) is 44.6 Å². The fourth-order valence-electron chi connectivity index (χ4n) is 6.39. The Morgan fingerprint density at radius 1 is 0.884 bits per heavy atom. The van der Waals surface area contributed by atoms with E-state index in [4.69, 9.17) is 10.1 Å². The first-order chi connectivity index (χ1) is 21.1. The fraction of sp³-hybridized carbons (Fsp3) is 0.147. The van der Waals surface area contributed by atoms with Crippen LogP contribution in [-0.2, 0) is 5.41 Å². The molecule has 5 aromatic heterocycles. The van der Waals surface area contributed by atoms with Gasteiger partial charge in [0.15, 0.2) is 0 Å². The Labute approximate surface area is 246 Å². The van der Waals surface area contributed by atoms with Crippen molar-refractivity contribution in [2.45, 2.75) is 30.5 Å². The van der Waals surface area contributed by atoms with E-state index in [0.29, 0.717) is 24.5 Å². The number of fused-ring (bicyclic) bond motifs is 3. The van der Waals surface area contributed by atoms with Gasteiger partial charge in [-0.25, -0.2) is 9.97 Å². The molecule has 1 atom stereocenters. The summed E-state index contributed by atoms with van der Waals surface area (Å²) in [5, 5.41) is 27.6. The minimum Gasteiger partial charge on any atom is -0.393 e. The summed E-state index contributed by atoms with van der Waals surface area (Å²) in [6.45, 7) is 0. The molecule has 5 heterocycles. The van der Waals surface area contributed by atoms with Crippen molar-refractivity contribution in [1.82, 2.24) is 29.7 Å². The predicted octanol–water partition coefficient (Wildman–Crippen LogP) is 4.74. The minimum absolute atomic E-state index is 0.443. The fourth-order valence-corrected chi connectivity index (χ4v) is 6.39. The van der Waals surface area contributed by atoms with Crippen molar-refractivity contribution in [3.63, 3.8) is 0 Å². The first-order valence-electron chi connectivity index (χ1n) is 14.3. The summed E-state index contributed by atoms with van der Waals surface area (Å²) in [6, 6.07) is 27.9. The lowest BCUT2D eigenvalue weighted by molar-refractivity contribution is -0.499. The van der Waals surface area contributed by atoms with E-state index in [1.807, 2.05) is 82.1 Å². The van der Waals surface area contributed by atoms with E-state index in [1.54, 1.807) is 24.7 Å². The van der Waals surface area contributed by atoms with E-state index in [9.17, 15) is 10.2 Å². The van der Waals surface area contributed by atoms with E-state index < -0.39 is 17.6 Å². The van der Waals surface area contributed by atoms with Crippen LogP contribution in [-0.4, -0.2) is 46.0 Å². The molecule has 43 heavy (non-hydrogen) atoms. The Morgan fingerprint density at radius 2 is 1.67 bits per heavy atom. The van der Waals surface area contributed by atoms with Crippen LogP contribution in [0.25, 0.3) is 45.0 Å². The number of aliphatic hydroxyl groups is 2. The van der Waals surface area contributed by atoms with Crippen LogP contribution in [0, 0.1) is 0 Å². The molecule has 210 valence electrons. The molecule has 0 aliphatic heterocycles. The van der Waals surface area contributed by atoms with Crippen LogP contribution < -0.4 is 4.40 Å². The van der Waals surface area contributed by atoms with Crippen LogP contribution in [0.2, 0.25) is 0 Å². The van der Waals surface area contributed by atoms with Crippen LogP contribution in [0.1, 0.15) is 30.2 Å². The molecule has 9 nitrogen and oxygen atoms in total. The summed E-state index contributed by atoms with van der Waals surface area (Å²) in [5.74, 6) is 1.11. The summed E-state index contributed by atoms with van der Waals surface area (Å²) < 4.78 is 3.90. The second kappa shape index (κ2) is 9.94. The molecule has 0 bridgehead atoms. The summed E-state index contributed by atoms with van der Waals surface area (Å²) in [6.07, 6.45) is 8.85. The van der Waals surface area contributed by atoms with E-state index in [1.165, 1.54) is 0 Å². The zero-order valence-corrected chi connectivity index (χ0v) is 23.1. The second-order valence-corrected chi connectivity index (χ2v) is 11.1. The number of H-pyrrole nitrogens is 1. The lowest BCUT2D eigenvalue weighted by Gasteiger charge is -2.48. The van der Waals surface area contributed by atoms with Gasteiger partial charge in [0, 0.05) is 41.5 Å². The zero-order chi connectivity index (χ0) is 29.0. The third-order valence-electron chi connectivity index (χ3n) is 8.59. The van der Waals surface area contributed by atoms with Gasteiger partial charge in [-0.05, 0) is 66.4 Å². The molecule has 0 amide bonds. The molecule has 1 fully saturated rings. The highest BCUT2D eigenvalue weighted by molar-refractivity contribution is 5.93. The number of aliphatic hydroxyl groups excluding tert-OH is 2. The van der Waals surface area contributed by atoms with E-state index >= 15 is 0 Å². The molecule has 1 aliphatic carbocycles. The molecule has 2 aromatic carbocycles. The number of benzene rings is 2. The quantitative estimate of drug-likeness (QED) is 0.251. The Kier molecular flexibility index (Phi) is 5.88. The summed E-state index contributed by atoms with van der Waals surface area (Å²) in [4.78, 5) is 16.9. The third kappa shape index (κ3) is 4.12. The maximum absolute atomic E-state index is 11.4. The van der Waals surface area contributed by atoms with Crippen molar-refractivity contribution in [3.8, 4) is 28.5 Å². The third-order valence-corrected chi connectivity index (χ3v) is 8.59. The van der Waals surface area contributed by atoms with Crippen molar-refractivity contribution in [1.29, 1.82) is 0 Å². The number of aromatic amines is 1. The molecule has 0 saturated heterocycles. The maximum Gasteiger partial charge on any atom is 0.351 e. The van der Waals surface area contributed by atoms with Gasteiger partial charge >= 0.3 is 5.82 Å². The van der Waals surface area contributed by atoms with Crippen molar-refractivity contribution >= 4 is 16.6 Å². The number of aromatic nitrogens is 7. The Bertz CT molecular complexity index is 2050. The van der Waals surface area contributed by atoms with Gasteiger partial charge in [0.25, 0.3) is 5.65 Å². The summed E-state index contributed by atoms with van der Waals surface area (Å²) in [7, 11) is 0. The normalized spacial score (nSPS) is 19.0. The highest BCUT2D eigenvalue weighted by atomic mass is 16.3. The topological polar surface area (TPSA) is 117 Å². The van der Waals surface area contributed by atoms with Gasteiger partial charge in [0.1, 0.15) is 11.8 Å². The molecular formula is C34H28N7O2+. The smallest absolute Gasteiger partial charge is 0.351 e. The lowest BCUT2D eigenvalue weighted by atomic mass is 9.59. The molecule has 7 aromatic rings. The number of hydrogen-bond acceptors (Lipinski definition) is 6. The van der Waals surface area contributed by atoms with Crippen molar-refractivity contribution < 1.29 is 14.6 Å². The second-order valence-electron chi connectivity index (χ2n) is 11.1. The van der Waals surface area contributed by atoms with Gasteiger partial charge in [0.2, 0.25) is 5.82 Å². The summed E-state index contributed by atoms with van der Waals surface area (Å²) in [5.41, 5.74) is 5.73. The molecule has 9 heteroatoms. The van der Waals surface area contributed by atoms with Crippen LogP contribution in [0.15, 0.2) is 116 Å². The zero-order valence-electron chi connectivity index (χ0n) is 23.1. The molecule has 3 N–H and O–H groups in total. The van der Waals surface area contributed by atoms with Crippen LogP contribution >= 0.6 is 0 Å². The van der Waals surface area contributed by atoms with Crippen molar-refractivity contribution in [2.24, 2.45) is 0 Å². The SMILES string of the molecule is OC1CC(c2ccc(-n3nc(-c4ncccn4)[n+]4ccc5ncc(-c6ccccc6)cc5c34)cc2)(C(O)c2ccc[nH]2)C1. The maximum atomic E-state index is 11.4. The van der Waals surface area contributed by atoms with Crippen LogP contribution in [0.4, 0.5) is 0 Å². The average Bonchev–Trinajstić information content (AvgIpc) is 3.73. The number of nitrogens with one attached hydrogen (secondary N) is 1. The van der Waals surface area contributed by atoms with Crippen LogP contribution in [0.5, 0.6) is 0 Å².